The minimum absolute atomic E-state index is 0.773. The molecular formula is C6H13N3. The molecule has 3 heteroatoms. The van der Waals surface area contributed by atoms with Crippen LogP contribution < -0.4 is 0 Å². The number of nitrogens with zero attached hydrogens (tertiary/aromatic N) is 2. The topological polar surface area (TPSA) is 30.3 Å². The Morgan fingerprint density at radius 1 is 1.11 bits per heavy atom. The van der Waals surface area contributed by atoms with Gasteiger partial charge in [-0.25, -0.2) is 0 Å². The standard InChI is InChI=1S/C6H13N3/c1-8(2)6(5-7)9(3)4/h7H,1-4H3. The smallest absolute Gasteiger partial charge is 0.167 e. The van der Waals surface area contributed by atoms with Crippen molar-refractivity contribution in [3.05, 3.63) is 5.82 Å². The molecule has 0 aliphatic carbocycles. The van der Waals surface area contributed by atoms with E-state index >= 15 is 0 Å². The van der Waals surface area contributed by atoms with E-state index in [9.17, 15) is 0 Å². The Morgan fingerprint density at radius 2 is 1.44 bits per heavy atom. The molecule has 0 amide bonds. The highest BCUT2D eigenvalue weighted by atomic mass is 15.3. The molecule has 3 nitrogen and oxygen atoms in total. The fraction of sp³-hybridized carbons (Fsp3) is 0.667. The maximum Gasteiger partial charge on any atom is 0.167 e. The van der Waals surface area contributed by atoms with Gasteiger partial charge < -0.3 is 9.80 Å². The van der Waals surface area contributed by atoms with Crippen LogP contribution in [0.3, 0.4) is 0 Å². The summed E-state index contributed by atoms with van der Waals surface area (Å²) in [6, 6.07) is 0. The van der Waals surface area contributed by atoms with E-state index in [2.05, 4.69) is 5.87 Å². The Morgan fingerprint density at radius 3 is 1.44 bits per heavy atom. The van der Waals surface area contributed by atoms with Crippen molar-refractivity contribution in [3.63, 3.8) is 0 Å². The van der Waals surface area contributed by atoms with Crippen molar-refractivity contribution < 1.29 is 0 Å². The molecular weight excluding hydrogens is 114 g/mol. The molecule has 0 aromatic rings. The van der Waals surface area contributed by atoms with Crippen molar-refractivity contribution in [1.29, 1.82) is 5.41 Å². The summed E-state index contributed by atoms with van der Waals surface area (Å²) in [4.78, 5) is 3.68. The van der Waals surface area contributed by atoms with Gasteiger partial charge in [-0.15, -0.1) is 0 Å². The van der Waals surface area contributed by atoms with Gasteiger partial charge in [-0.2, -0.15) is 0 Å². The Balaban J connectivity index is 4.19. The van der Waals surface area contributed by atoms with E-state index < -0.39 is 0 Å². The molecule has 52 valence electrons. The maximum absolute atomic E-state index is 6.85. The first-order valence-corrected chi connectivity index (χ1v) is 2.74. The zero-order valence-corrected chi connectivity index (χ0v) is 6.39. The molecule has 0 bridgehead atoms. The number of rotatable bonds is 2. The van der Waals surface area contributed by atoms with Crippen LogP contribution in [0.1, 0.15) is 0 Å². The fourth-order valence-corrected chi connectivity index (χ4v) is 0.624. The lowest BCUT2D eigenvalue weighted by Gasteiger charge is -2.20. The average Bonchev–Trinajstić information content (AvgIpc) is 1.64. The third kappa shape index (κ3) is 2.20. The molecule has 0 heterocycles. The van der Waals surface area contributed by atoms with Gasteiger partial charge in [-0.05, 0) is 0 Å². The first-order chi connectivity index (χ1) is 4.09. The second-order valence-electron chi connectivity index (χ2n) is 2.24. The number of hydrogen-bond donors (Lipinski definition) is 1. The second-order valence-corrected chi connectivity index (χ2v) is 2.24. The molecule has 0 spiro atoms. The predicted molar refractivity (Wildman–Crippen MR) is 38.6 cm³/mol. The summed E-state index contributed by atoms with van der Waals surface area (Å²) in [5.74, 6) is 3.09. The predicted octanol–water partition coefficient (Wildman–Crippen LogP) is 0.199. The van der Waals surface area contributed by atoms with Crippen molar-refractivity contribution in [2.24, 2.45) is 0 Å². The van der Waals surface area contributed by atoms with E-state index in [1.165, 1.54) is 0 Å². The Kier molecular flexibility index (Phi) is 2.82. The van der Waals surface area contributed by atoms with E-state index in [0.29, 0.717) is 0 Å². The molecule has 0 aromatic carbocycles. The van der Waals surface area contributed by atoms with Crippen molar-refractivity contribution in [1.82, 2.24) is 9.80 Å². The summed E-state index contributed by atoms with van der Waals surface area (Å²) in [7, 11) is 7.54. The van der Waals surface area contributed by atoms with Gasteiger partial charge in [0.1, 0.15) is 0 Å². The maximum atomic E-state index is 6.85. The van der Waals surface area contributed by atoms with Crippen LogP contribution in [0.15, 0.2) is 5.82 Å². The number of hydrogen-bond acceptors (Lipinski definition) is 3. The quantitative estimate of drug-likeness (QED) is 0.537. The van der Waals surface area contributed by atoms with Crippen molar-refractivity contribution in [3.8, 4) is 0 Å². The fourth-order valence-electron chi connectivity index (χ4n) is 0.624. The molecule has 0 rings (SSSR count). The first kappa shape index (κ1) is 8.05. The first-order valence-electron chi connectivity index (χ1n) is 2.74. The monoisotopic (exact) mass is 127 g/mol. The zero-order chi connectivity index (χ0) is 7.44. The largest absolute Gasteiger partial charge is 0.357 e. The van der Waals surface area contributed by atoms with Crippen LogP contribution >= 0.6 is 0 Å². The van der Waals surface area contributed by atoms with Crippen LogP contribution in [0, 0.1) is 5.41 Å². The molecule has 0 saturated carbocycles. The summed E-state index contributed by atoms with van der Waals surface area (Å²) in [5.41, 5.74) is 0. The Hall–Kier alpha value is -0.950. The lowest BCUT2D eigenvalue weighted by Crippen LogP contribution is -2.24. The molecule has 0 unspecified atom stereocenters. The van der Waals surface area contributed by atoms with E-state index in [1.54, 1.807) is 0 Å². The lowest BCUT2D eigenvalue weighted by atomic mass is 10.6. The minimum Gasteiger partial charge on any atom is -0.357 e. The molecule has 0 aliphatic heterocycles. The minimum atomic E-state index is 0.773. The van der Waals surface area contributed by atoms with E-state index in [-0.39, 0.29) is 0 Å². The van der Waals surface area contributed by atoms with Crippen molar-refractivity contribution in [2.75, 3.05) is 28.2 Å². The van der Waals surface area contributed by atoms with Crippen molar-refractivity contribution >= 4 is 5.87 Å². The van der Waals surface area contributed by atoms with Gasteiger partial charge >= 0.3 is 0 Å². The van der Waals surface area contributed by atoms with Gasteiger partial charge in [-0.3, -0.25) is 5.41 Å². The summed E-state index contributed by atoms with van der Waals surface area (Å²) < 4.78 is 0. The lowest BCUT2D eigenvalue weighted by molar-refractivity contribution is 0.351. The highest BCUT2D eigenvalue weighted by Crippen LogP contribution is 1.94. The average molecular weight is 127 g/mol. The summed E-state index contributed by atoms with van der Waals surface area (Å²) in [5, 5.41) is 6.85. The summed E-state index contributed by atoms with van der Waals surface area (Å²) in [6.07, 6.45) is 0. The third-order valence-electron chi connectivity index (χ3n) is 0.959. The molecule has 9 heavy (non-hydrogen) atoms. The molecule has 0 saturated heterocycles. The van der Waals surface area contributed by atoms with Crippen molar-refractivity contribution in [2.45, 2.75) is 0 Å². The molecule has 0 atom stereocenters. The third-order valence-corrected chi connectivity index (χ3v) is 0.959. The summed E-state index contributed by atoms with van der Waals surface area (Å²) >= 11 is 0. The molecule has 1 N–H and O–H groups in total. The van der Waals surface area contributed by atoms with Gasteiger partial charge in [0.25, 0.3) is 0 Å². The van der Waals surface area contributed by atoms with Crippen LogP contribution in [0.4, 0.5) is 0 Å². The van der Waals surface area contributed by atoms with E-state index in [4.69, 9.17) is 5.41 Å². The zero-order valence-electron chi connectivity index (χ0n) is 6.39. The van der Waals surface area contributed by atoms with Gasteiger partial charge in [0, 0.05) is 34.1 Å². The van der Waals surface area contributed by atoms with Crippen LogP contribution in [-0.2, 0) is 0 Å². The Labute approximate surface area is 56.1 Å². The molecule has 0 radical (unpaired) electrons. The van der Waals surface area contributed by atoms with E-state index in [1.807, 2.05) is 38.0 Å². The van der Waals surface area contributed by atoms with Crippen LogP contribution in [0.2, 0.25) is 0 Å². The summed E-state index contributed by atoms with van der Waals surface area (Å²) in [6.45, 7) is 0. The van der Waals surface area contributed by atoms with Crippen LogP contribution in [-0.4, -0.2) is 43.9 Å². The van der Waals surface area contributed by atoms with Gasteiger partial charge in [0.05, 0.1) is 0 Å². The number of nitrogens with one attached hydrogen (secondary N) is 1. The van der Waals surface area contributed by atoms with Gasteiger partial charge in [0.15, 0.2) is 5.82 Å². The van der Waals surface area contributed by atoms with Crippen LogP contribution in [0.5, 0.6) is 0 Å². The highest BCUT2D eigenvalue weighted by molar-refractivity contribution is 5.52. The molecule has 0 aliphatic rings. The Bertz CT molecular complexity index is 121. The normalized spacial score (nSPS) is 8.00. The highest BCUT2D eigenvalue weighted by Gasteiger charge is 1.98. The van der Waals surface area contributed by atoms with Crippen LogP contribution in [0.25, 0.3) is 0 Å². The van der Waals surface area contributed by atoms with Gasteiger partial charge in [-0.1, -0.05) is 0 Å². The SMILES string of the molecule is CN(C)C(=C=N)N(C)C. The molecule has 0 fully saturated rings. The molecule has 0 aromatic heterocycles. The van der Waals surface area contributed by atoms with Gasteiger partial charge in [0.2, 0.25) is 0 Å². The second kappa shape index (κ2) is 3.15. The van der Waals surface area contributed by atoms with E-state index in [0.717, 1.165) is 5.82 Å².